The van der Waals surface area contributed by atoms with Crippen molar-refractivity contribution in [3.63, 3.8) is 0 Å². The quantitative estimate of drug-likeness (QED) is 0.0718. The Morgan fingerprint density at radius 3 is 1.72 bits per heavy atom. The van der Waals surface area contributed by atoms with Crippen LogP contribution in [0.5, 0.6) is 5.75 Å². The number of anilines is 2. The van der Waals surface area contributed by atoms with Crippen molar-refractivity contribution in [3.05, 3.63) is 121 Å². The first-order valence-corrected chi connectivity index (χ1v) is 18.0. The summed E-state index contributed by atoms with van der Waals surface area (Å²) in [5.41, 5.74) is 3.88. The lowest BCUT2D eigenvalue weighted by Gasteiger charge is -2.20. The van der Waals surface area contributed by atoms with Crippen LogP contribution in [0, 0.1) is 0 Å². The zero-order valence-corrected chi connectivity index (χ0v) is 32.5. The number of carbonyl (C=O) groups excluding carboxylic acids is 2. The highest BCUT2D eigenvalue weighted by Crippen LogP contribution is 2.33. The second kappa shape index (κ2) is 17.7. The van der Waals surface area contributed by atoms with E-state index < -0.39 is 23.5 Å². The fraction of sp³-hybridized carbons (Fsp3) is 0.282. The number of halogens is 4. The number of hydrogen-bond donors (Lipinski definition) is 8. The third-order valence-corrected chi connectivity index (χ3v) is 8.94. The molecule has 6 rings (SSSR count). The molecule has 0 unspecified atom stereocenters. The minimum atomic E-state index is -4.50. The number of imidazole rings is 2. The Balaban J connectivity index is 0.000000221. The fourth-order valence-electron chi connectivity index (χ4n) is 5.52. The summed E-state index contributed by atoms with van der Waals surface area (Å²) in [7, 11) is 3.64. The first kappa shape index (κ1) is 42.0. The van der Waals surface area contributed by atoms with Gasteiger partial charge in [-0.05, 0) is 73.1 Å². The van der Waals surface area contributed by atoms with Crippen molar-refractivity contribution in [2.45, 2.75) is 45.5 Å². The molecular weight excluding hydrogens is 767 g/mol. The topological polar surface area (TPSA) is 192 Å². The molecule has 14 nitrogen and oxygen atoms in total. The van der Waals surface area contributed by atoms with Crippen molar-refractivity contribution in [3.8, 4) is 5.75 Å². The Morgan fingerprint density at radius 2 is 1.23 bits per heavy atom. The number of rotatable bonds is 10. The third-order valence-electron chi connectivity index (χ3n) is 8.59. The summed E-state index contributed by atoms with van der Waals surface area (Å²) in [6, 6.07) is 18.2. The van der Waals surface area contributed by atoms with Crippen molar-refractivity contribution < 1.29 is 27.5 Å². The van der Waals surface area contributed by atoms with Gasteiger partial charge in [0.2, 0.25) is 0 Å². The Morgan fingerprint density at radius 1 is 0.719 bits per heavy atom. The van der Waals surface area contributed by atoms with E-state index in [2.05, 4.69) is 62.0 Å². The van der Waals surface area contributed by atoms with Gasteiger partial charge >= 0.3 is 29.6 Å². The standard InChI is InChI=1S/C20H22F3N5O3.C19H21ClN4O2/c1-28(2)8-9-31-16-10-13(20(21,22)23)7-6-12(16)11-24-18(29)25-14-4-3-5-15-17(14)27-19(30)26-15;1-19(2,3)12-8-7-11(13(20)9-12)10-21-17(25)22-14-5-4-6-15-16(14)24-18(26)23-15/h3-7,10H,8-9,11H2,1-2H3,(H2,24,25,29)(H2,26,27,30);4-9H,10H2,1-3H3,(H2,21,22,25)(H2,23,24,26). The number of likely N-dealkylation sites (N-methyl/N-ethyl adjacent to an activating group) is 1. The smallest absolute Gasteiger partial charge is 0.416 e. The van der Waals surface area contributed by atoms with Crippen LogP contribution in [0.3, 0.4) is 0 Å². The van der Waals surface area contributed by atoms with Gasteiger partial charge in [0.15, 0.2) is 0 Å². The van der Waals surface area contributed by atoms with E-state index in [-0.39, 0.29) is 36.0 Å². The molecule has 0 saturated carbocycles. The first-order valence-electron chi connectivity index (χ1n) is 17.7. The lowest BCUT2D eigenvalue weighted by atomic mass is 9.86. The van der Waals surface area contributed by atoms with E-state index in [1.165, 1.54) is 6.07 Å². The van der Waals surface area contributed by atoms with Crippen molar-refractivity contribution >= 4 is 57.1 Å². The number of ether oxygens (including phenoxy) is 1. The number of H-pyrrole nitrogens is 4. The van der Waals surface area contributed by atoms with Crippen LogP contribution >= 0.6 is 11.6 Å². The van der Waals surface area contributed by atoms with Gasteiger partial charge in [0.05, 0.1) is 39.0 Å². The molecule has 6 aromatic rings. The second-order valence-corrected chi connectivity index (χ2v) is 14.7. The number of alkyl halides is 3. The molecule has 0 bridgehead atoms. The number of amides is 4. The molecule has 18 heteroatoms. The van der Waals surface area contributed by atoms with Crippen molar-refractivity contribution in [2.75, 3.05) is 37.9 Å². The van der Waals surface area contributed by atoms with E-state index in [9.17, 15) is 32.3 Å². The maximum atomic E-state index is 13.1. The Kier molecular flexibility index (Phi) is 13.0. The minimum absolute atomic E-state index is 0.0130. The van der Waals surface area contributed by atoms with Crippen molar-refractivity contribution in [2.24, 2.45) is 0 Å². The molecule has 0 spiro atoms. The van der Waals surface area contributed by atoms with Crippen LogP contribution in [-0.4, -0.2) is 64.1 Å². The van der Waals surface area contributed by atoms with Gasteiger partial charge in [-0.2, -0.15) is 13.2 Å². The van der Waals surface area contributed by atoms with E-state index >= 15 is 0 Å². The number of fused-ring (bicyclic) bond motifs is 2. The number of urea groups is 2. The van der Waals surface area contributed by atoms with Gasteiger partial charge in [-0.25, -0.2) is 19.2 Å². The van der Waals surface area contributed by atoms with Crippen LogP contribution in [0.25, 0.3) is 22.1 Å². The van der Waals surface area contributed by atoms with Crippen molar-refractivity contribution in [1.29, 1.82) is 0 Å². The predicted molar refractivity (Wildman–Crippen MR) is 215 cm³/mol. The number of carbonyl (C=O) groups is 2. The van der Waals surface area contributed by atoms with Crippen LogP contribution < -0.4 is 37.4 Å². The normalized spacial score (nSPS) is 11.6. The zero-order valence-electron chi connectivity index (χ0n) is 31.8. The highest BCUT2D eigenvalue weighted by atomic mass is 35.5. The molecule has 2 heterocycles. The molecule has 8 N–H and O–H groups in total. The lowest BCUT2D eigenvalue weighted by Crippen LogP contribution is -2.28. The van der Waals surface area contributed by atoms with E-state index in [4.69, 9.17) is 16.3 Å². The third kappa shape index (κ3) is 11.4. The van der Waals surface area contributed by atoms with Gasteiger partial charge in [-0.3, -0.25) is 0 Å². The number of aromatic nitrogens is 4. The highest BCUT2D eigenvalue weighted by Gasteiger charge is 2.31. The number of hydrogen-bond acceptors (Lipinski definition) is 6. The molecule has 0 atom stereocenters. The summed E-state index contributed by atoms with van der Waals surface area (Å²) in [5.74, 6) is 0.0500. The minimum Gasteiger partial charge on any atom is -0.492 e. The zero-order chi connectivity index (χ0) is 41.5. The Labute approximate surface area is 329 Å². The van der Waals surface area contributed by atoms with Crippen molar-refractivity contribution in [1.82, 2.24) is 35.5 Å². The van der Waals surface area contributed by atoms with Gasteiger partial charge < -0.3 is 50.8 Å². The number of para-hydroxylation sites is 2. The van der Waals surface area contributed by atoms with Gasteiger partial charge in [0.25, 0.3) is 0 Å². The van der Waals surface area contributed by atoms with Gasteiger partial charge in [-0.1, -0.05) is 62.7 Å². The monoisotopic (exact) mass is 809 g/mol. The number of nitrogens with one attached hydrogen (secondary N) is 8. The molecule has 302 valence electrons. The maximum Gasteiger partial charge on any atom is 0.416 e. The molecule has 0 fully saturated rings. The molecule has 0 aliphatic carbocycles. The molecule has 0 aliphatic rings. The average Bonchev–Trinajstić information content (AvgIpc) is 3.72. The van der Waals surface area contributed by atoms with Gasteiger partial charge in [0.1, 0.15) is 12.4 Å². The van der Waals surface area contributed by atoms with Crippen LogP contribution in [-0.2, 0) is 24.7 Å². The lowest BCUT2D eigenvalue weighted by molar-refractivity contribution is -0.137. The Hall–Kier alpha value is -6.20. The molecule has 0 radical (unpaired) electrons. The van der Waals surface area contributed by atoms with Crippen LogP contribution in [0.15, 0.2) is 82.4 Å². The number of nitrogens with zero attached hydrogens (tertiary/aromatic N) is 1. The fourth-order valence-corrected chi connectivity index (χ4v) is 5.76. The summed E-state index contributed by atoms with van der Waals surface area (Å²) in [5, 5.41) is 11.3. The Bertz CT molecular complexity index is 2480. The van der Waals surface area contributed by atoms with Gasteiger partial charge in [0, 0.05) is 30.2 Å². The van der Waals surface area contributed by atoms with Crippen LogP contribution in [0.4, 0.5) is 34.1 Å². The maximum absolute atomic E-state index is 13.1. The molecule has 2 aromatic heterocycles. The predicted octanol–water partition coefficient (Wildman–Crippen LogP) is 7.27. The SMILES string of the molecule is CC(C)(C)c1ccc(CNC(=O)Nc2cccc3[nH]c(=O)[nH]c23)c(Cl)c1.CN(C)CCOc1cc(C(F)(F)F)ccc1CNC(=O)Nc1cccc2[nH]c(=O)[nH]c12. The molecule has 0 saturated heterocycles. The molecule has 4 aromatic carbocycles. The van der Waals surface area contributed by atoms with E-state index in [1.807, 2.05) is 37.2 Å². The highest BCUT2D eigenvalue weighted by molar-refractivity contribution is 6.31. The van der Waals surface area contributed by atoms with E-state index in [0.717, 1.165) is 23.3 Å². The molecule has 4 amide bonds. The first-order chi connectivity index (χ1) is 26.9. The number of benzene rings is 4. The summed E-state index contributed by atoms with van der Waals surface area (Å²) in [6.45, 7) is 7.32. The average molecular weight is 810 g/mol. The largest absolute Gasteiger partial charge is 0.492 e. The number of aromatic amines is 4. The summed E-state index contributed by atoms with van der Waals surface area (Å²) < 4.78 is 44.7. The summed E-state index contributed by atoms with van der Waals surface area (Å²) in [4.78, 5) is 59.7. The summed E-state index contributed by atoms with van der Waals surface area (Å²) >= 11 is 6.34. The van der Waals surface area contributed by atoms with E-state index in [0.29, 0.717) is 57.1 Å². The van der Waals surface area contributed by atoms with Gasteiger partial charge in [-0.15, -0.1) is 0 Å². The van der Waals surface area contributed by atoms with E-state index in [1.54, 1.807) is 36.4 Å². The molecule has 0 aliphatic heterocycles. The molecular formula is C39H43ClF3N9O5. The van der Waals surface area contributed by atoms with Crippen LogP contribution in [0.1, 0.15) is 43.0 Å². The second-order valence-electron chi connectivity index (χ2n) is 14.3. The van der Waals surface area contributed by atoms with Crippen LogP contribution in [0.2, 0.25) is 5.02 Å². The molecule has 57 heavy (non-hydrogen) atoms. The summed E-state index contributed by atoms with van der Waals surface area (Å²) in [6.07, 6.45) is -4.50.